The van der Waals surface area contributed by atoms with E-state index < -0.39 is 0 Å². The first-order valence-electron chi connectivity index (χ1n) is 8.09. The maximum absolute atomic E-state index is 12.4. The summed E-state index contributed by atoms with van der Waals surface area (Å²) in [4.78, 5) is 12.4. The van der Waals surface area contributed by atoms with Crippen molar-refractivity contribution < 1.29 is 9.53 Å². The van der Waals surface area contributed by atoms with E-state index in [1.165, 1.54) is 0 Å². The van der Waals surface area contributed by atoms with Crippen LogP contribution in [0.3, 0.4) is 0 Å². The Morgan fingerprint density at radius 3 is 2.64 bits per heavy atom. The van der Waals surface area contributed by atoms with Gasteiger partial charge in [0.2, 0.25) is 0 Å². The SMILES string of the molecule is CCOc1ccc(C(=O)NC(=S)Nc2c(C)cccc2CC)cc1Br. The lowest BCUT2D eigenvalue weighted by Crippen LogP contribution is -2.34. The summed E-state index contributed by atoms with van der Waals surface area (Å²) < 4.78 is 6.18. The zero-order valence-corrected chi connectivity index (χ0v) is 16.9. The molecule has 0 aliphatic heterocycles. The van der Waals surface area contributed by atoms with Crippen LogP contribution in [-0.4, -0.2) is 17.6 Å². The summed E-state index contributed by atoms with van der Waals surface area (Å²) in [6, 6.07) is 11.2. The van der Waals surface area contributed by atoms with Gasteiger partial charge >= 0.3 is 0 Å². The molecule has 0 heterocycles. The van der Waals surface area contributed by atoms with Gasteiger partial charge in [-0.25, -0.2) is 0 Å². The summed E-state index contributed by atoms with van der Waals surface area (Å²) in [5.41, 5.74) is 3.68. The van der Waals surface area contributed by atoms with Gasteiger partial charge in [-0.15, -0.1) is 0 Å². The van der Waals surface area contributed by atoms with Gasteiger partial charge in [0.1, 0.15) is 5.75 Å². The number of ether oxygens (including phenoxy) is 1. The maximum Gasteiger partial charge on any atom is 0.257 e. The van der Waals surface area contributed by atoms with Crippen molar-refractivity contribution in [3.05, 3.63) is 57.6 Å². The Bertz CT molecular complexity index is 793. The van der Waals surface area contributed by atoms with Gasteiger partial charge in [-0.2, -0.15) is 0 Å². The second-order valence-electron chi connectivity index (χ2n) is 5.45. The van der Waals surface area contributed by atoms with E-state index in [-0.39, 0.29) is 11.0 Å². The van der Waals surface area contributed by atoms with E-state index in [0.29, 0.717) is 17.9 Å². The average Bonchev–Trinajstić information content (AvgIpc) is 2.58. The number of carbonyl (C=O) groups excluding carboxylic acids is 1. The summed E-state index contributed by atoms with van der Waals surface area (Å²) in [6.45, 7) is 6.57. The van der Waals surface area contributed by atoms with Gasteiger partial charge in [0.15, 0.2) is 5.11 Å². The fourth-order valence-electron chi connectivity index (χ4n) is 2.44. The fraction of sp³-hybridized carbons (Fsp3) is 0.263. The van der Waals surface area contributed by atoms with Crippen LogP contribution in [0.5, 0.6) is 5.75 Å². The monoisotopic (exact) mass is 420 g/mol. The smallest absolute Gasteiger partial charge is 0.257 e. The molecular weight excluding hydrogens is 400 g/mol. The Hall–Kier alpha value is -1.92. The molecule has 2 aromatic rings. The number of anilines is 1. The topological polar surface area (TPSA) is 50.4 Å². The molecule has 25 heavy (non-hydrogen) atoms. The van der Waals surface area contributed by atoms with Crippen molar-refractivity contribution in [2.75, 3.05) is 11.9 Å². The second kappa shape index (κ2) is 8.97. The minimum absolute atomic E-state index is 0.270. The molecular formula is C19H21BrN2O2S. The number of nitrogens with one attached hydrogen (secondary N) is 2. The summed E-state index contributed by atoms with van der Waals surface area (Å²) in [6.07, 6.45) is 0.881. The van der Waals surface area contributed by atoms with E-state index in [0.717, 1.165) is 27.7 Å². The molecule has 0 aliphatic carbocycles. The Kier molecular flexibility index (Phi) is 6.96. The zero-order chi connectivity index (χ0) is 18.4. The van der Waals surface area contributed by atoms with Gasteiger partial charge in [-0.05, 0) is 77.7 Å². The second-order valence-corrected chi connectivity index (χ2v) is 6.71. The number of carbonyl (C=O) groups is 1. The lowest BCUT2D eigenvalue weighted by Gasteiger charge is -2.15. The van der Waals surface area contributed by atoms with E-state index in [1.54, 1.807) is 18.2 Å². The Balaban J connectivity index is 2.08. The number of amides is 1. The number of thiocarbonyl (C=S) groups is 1. The summed E-state index contributed by atoms with van der Waals surface area (Å²) in [5.74, 6) is 0.431. The highest BCUT2D eigenvalue weighted by Gasteiger charge is 2.12. The van der Waals surface area contributed by atoms with Gasteiger partial charge in [0.25, 0.3) is 5.91 Å². The molecule has 0 fully saturated rings. The Morgan fingerprint density at radius 1 is 1.24 bits per heavy atom. The van der Waals surface area contributed by atoms with Crippen LogP contribution in [0.15, 0.2) is 40.9 Å². The summed E-state index contributed by atoms with van der Waals surface area (Å²) >= 11 is 8.71. The molecule has 4 nitrogen and oxygen atoms in total. The molecule has 2 N–H and O–H groups in total. The van der Waals surface area contributed by atoms with Crippen molar-refractivity contribution in [2.24, 2.45) is 0 Å². The molecule has 0 atom stereocenters. The number of aryl methyl sites for hydroxylation is 2. The molecule has 132 valence electrons. The Labute approximate surface area is 162 Å². The molecule has 0 saturated carbocycles. The molecule has 0 saturated heterocycles. The number of para-hydroxylation sites is 1. The largest absolute Gasteiger partial charge is 0.493 e. The minimum Gasteiger partial charge on any atom is -0.493 e. The van der Waals surface area contributed by atoms with E-state index in [4.69, 9.17) is 17.0 Å². The van der Waals surface area contributed by atoms with Gasteiger partial charge in [-0.3, -0.25) is 10.1 Å². The third kappa shape index (κ3) is 5.03. The first-order chi connectivity index (χ1) is 12.0. The predicted octanol–water partition coefficient (Wildman–Crippen LogP) is 4.85. The molecule has 0 unspecified atom stereocenters. The standard InChI is InChI=1S/C19H21BrN2O2S/c1-4-13-8-6-7-12(3)17(13)21-19(25)22-18(23)14-9-10-16(24-5-2)15(20)11-14/h6-11H,4-5H2,1-3H3,(H2,21,22,23,25). The van der Waals surface area contributed by atoms with Crippen molar-refractivity contribution in [1.29, 1.82) is 0 Å². The van der Waals surface area contributed by atoms with Gasteiger partial charge in [-0.1, -0.05) is 25.1 Å². The van der Waals surface area contributed by atoms with E-state index >= 15 is 0 Å². The quantitative estimate of drug-likeness (QED) is 0.678. The van der Waals surface area contributed by atoms with Crippen LogP contribution in [0.2, 0.25) is 0 Å². The lowest BCUT2D eigenvalue weighted by molar-refractivity contribution is 0.0977. The minimum atomic E-state index is -0.270. The number of hydrogen-bond donors (Lipinski definition) is 2. The fourth-order valence-corrected chi connectivity index (χ4v) is 3.12. The average molecular weight is 421 g/mol. The molecule has 0 bridgehead atoms. The van der Waals surface area contributed by atoms with Crippen LogP contribution in [0.1, 0.15) is 35.3 Å². The lowest BCUT2D eigenvalue weighted by atomic mass is 10.1. The molecule has 2 rings (SSSR count). The number of hydrogen-bond acceptors (Lipinski definition) is 3. The molecule has 0 aliphatic rings. The first kappa shape index (κ1) is 19.4. The van der Waals surface area contributed by atoms with Crippen LogP contribution in [-0.2, 0) is 6.42 Å². The number of halogens is 1. The molecule has 2 aromatic carbocycles. The van der Waals surface area contributed by atoms with Crippen molar-refractivity contribution in [1.82, 2.24) is 5.32 Å². The molecule has 0 aromatic heterocycles. The van der Waals surface area contributed by atoms with Crippen molar-refractivity contribution in [3.63, 3.8) is 0 Å². The highest BCUT2D eigenvalue weighted by atomic mass is 79.9. The maximum atomic E-state index is 12.4. The predicted molar refractivity (Wildman–Crippen MR) is 110 cm³/mol. The van der Waals surface area contributed by atoms with E-state index in [2.05, 4.69) is 33.5 Å². The van der Waals surface area contributed by atoms with Crippen LogP contribution in [0, 0.1) is 6.92 Å². The van der Waals surface area contributed by atoms with Gasteiger partial charge in [0, 0.05) is 11.3 Å². The zero-order valence-electron chi connectivity index (χ0n) is 14.5. The van der Waals surface area contributed by atoms with Gasteiger partial charge in [0.05, 0.1) is 11.1 Å². The molecule has 6 heteroatoms. The molecule has 1 amide bonds. The highest BCUT2D eigenvalue weighted by molar-refractivity contribution is 9.10. The molecule has 0 radical (unpaired) electrons. The van der Waals surface area contributed by atoms with Crippen LogP contribution in [0.25, 0.3) is 0 Å². The third-order valence-corrected chi connectivity index (χ3v) is 4.52. The van der Waals surface area contributed by atoms with E-state index in [1.807, 2.05) is 32.0 Å². The summed E-state index contributed by atoms with van der Waals surface area (Å²) in [7, 11) is 0. The van der Waals surface area contributed by atoms with Crippen LogP contribution in [0.4, 0.5) is 5.69 Å². The van der Waals surface area contributed by atoms with Crippen LogP contribution < -0.4 is 15.4 Å². The van der Waals surface area contributed by atoms with Crippen molar-refractivity contribution in [3.8, 4) is 5.75 Å². The first-order valence-corrected chi connectivity index (χ1v) is 9.29. The molecule has 0 spiro atoms. The normalized spacial score (nSPS) is 10.2. The van der Waals surface area contributed by atoms with Crippen molar-refractivity contribution in [2.45, 2.75) is 27.2 Å². The Morgan fingerprint density at radius 2 is 2.00 bits per heavy atom. The van der Waals surface area contributed by atoms with Crippen LogP contribution >= 0.6 is 28.1 Å². The van der Waals surface area contributed by atoms with Crippen molar-refractivity contribution >= 4 is 44.9 Å². The third-order valence-electron chi connectivity index (χ3n) is 3.70. The van der Waals surface area contributed by atoms with Gasteiger partial charge < -0.3 is 10.1 Å². The summed E-state index contributed by atoms with van der Waals surface area (Å²) in [5, 5.41) is 6.14. The number of benzene rings is 2. The number of rotatable bonds is 5. The van der Waals surface area contributed by atoms with E-state index in [9.17, 15) is 4.79 Å². The highest BCUT2D eigenvalue weighted by Crippen LogP contribution is 2.26.